The molecule has 0 bridgehead atoms. The van der Waals surface area contributed by atoms with Crippen molar-refractivity contribution in [1.29, 1.82) is 0 Å². The van der Waals surface area contributed by atoms with Crippen molar-refractivity contribution in [3.63, 3.8) is 0 Å². The second-order valence-corrected chi connectivity index (χ2v) is 7.55. The van der Waals surface area contributed by atoms with Gasteiger partial charge in [-0.05, 0) is 23.6 Å². The van der Waals surface area contributed by atoms with Crippen molar-refractivity contribution >= 4 is 28.0 Å². The van der Waals surface area contributed by atoms with E-state index in [0.717, 1.165) is 44.3 Å². The lowest BCUT2D eigenvalue weighted by Crippen LogP contribution is -1.98. The minimum atomic E-state index is 0.749. The average Bonchev–Trinajstić information content (AvgIpc) is 3.52. The van der Waals surface area contributed by atoms with E-state index in [0.29, 0.717) is 0 Å². The Labute approximate surface area is 169 Å². The largest absolute Gasteiger partial charge is 0.264 e. The van der Waals surface area contributed by atoms with Crippen molar-refractivity contribution < 1.29 is 0 Å². The first-order valence-electron chi connectivity index (χ1n) is 9.17. The van der Waals surface area contributed by atoms with Crippen LogP contribution >= 0.6 is 11.3 Å². The number of hydrogen-bond acceptors (Lipinski definition) is 5. The number of rotatable bonds is 3. The zero-order valence-corrected chi connectivity index (χ0v) is 16.0. The molecule has 0 aliphatic heterocycles. The zero-order valence-electron chi connectivity index (χ0n) is 15.2. The van der Waals surface area contributed by atoms with Gasteiger partial charge in [-0.3, -0.25) is 4.40 Å². The molecule has 0 atom stereocenters. The third-order valence-corrected chi connectivity index (χ3v) is 5.73. The minimum Gasteiger partial charge on any atom is -0.264 e. The molecule has 0 radical (unpaired) electrons. The molecule has 6 nitrogen and oxygen atoms in total. The Bertz CT molecular complexity index is 1430. The van der Waals surface area contributed by atoms with Gasteiger partial charge in [0.15, 0.2) is 17.1 Å². The van der Waals surface area contributed by atoms with Crippen LogP contribution in [0.15, 0.2) is 84.5 Å². The van der Waals surface area contributed by atoms with E-state index in [-0.39, 0.29) is 0 Å². The highest BCUT2D eigenvalue weighted by molar-refractivity contribution is 7.13. The molecule has 0 fully saturated rings. The third-order valence-electron chi connectivity index (χ3n) is 4.87. The molecule has 4 heterocycles. The van der Waals surface area contributed by atoms with Gasteiger partial charge in [-0.1, -0.05) is 54.6 Å². The monoisotopic (exact) mass is 394 g/mol. The van der Waals surface area contributed by atoms with Crippen LogP contribution in [0.4, 0.5) is 0 Å². The number of hydrogen-bond donors (Lipinski definition) is 0. The average molecular weight is 394 g/mol. The smallest absolute Gasteiger partial charge is 0.179 e. The van der Waals surface area contributed by atoms with E-state index >= 15 is 0 Å². The molecule has 0 aliphatic carbocycles. The summed E-state index contributed by atoms with van der Waals surface area (Å²) in [6.45, 7) is 0. The maximum Gasteiger partial charge on any atom is 0.179 e. The van der Waals surface area contributed by atoms with Crippen LogP contribution in [-0.4, -0.2) is 29.4 Å². The predicted octanol–water partition coefficient (Wildman–Crippen LogP) is 4.86. The van der Waals surface area contributed by atoms with E-state index in [4.69, 9.17) is 10.1 Å². The van der Waals surface area contributed by atoms with Gasteiger partial charge >= 0.3 is 0 Å². The predicted molar refractivity (Wildman–Crippen MR) is 114 cm³/mol. The molecule has 0 saturated heterocycles. The van der Waals surface area contributed by atoms with Gasteiger partial charge in [-0.2, -0.15) is 5.10 Å². The minimum absolute atomic E-state index is 0.749. The van der Waals surface area contributed by atoms with Gasteiger partial charge in [-0.15, -0.1) is 21.5 Å². The van der Waals surface area contributed by atoms with Crippen LogP contribution in [0, 0.1) is 0 Å². The summed E-state index contributed by atoms with van der Waals surface area (Å²) in [5, 5.41) is 16.8. The summed E-state index contributed by atoms with van der Waals surface area (Å²) < 4.78 is 3.81. The van der Waals surface area contributed by atoms with Gasteiger partial charge < -0.3 is 0 Å². The SMILES string of the molecule is c1ccc(-c2nn(-c3ccccc3)c3ncn4c(-c5cccs5)nnc4c23)cc1. The molecule has 29 heavy (non-hydrogen) atoms. The third kappa shape index (κ3) is 2.48. The molecule has 2 aromatic carbocycles. The Morgan fingerprint density at radius 3 is 2.31 bits per heavy atom. The molecule has 6 aromatic rings. The fourth-order valence-electron chi connectivity index (χ4n) is 3.54. The maximum atomic E-state index is 4.93. The van der Waals surface area contributed by atoms with E-state index < -0.39 is 0 Å². The van der Waals surface area contributed by atoms with Gasteiger partial charge in [0, 0.05) is 5.56 Å². The van der Waals surface area contributed by atoms with Crippen LogP contribution in [0.5, 0.6) is 0 Å². The number of benzene rings is 2. The van der Waals surface area contributed by atoms with E-state index in [2.05, 4.69) is 22.3 Å². The lowest BCUT2D eigenvalue weighted by atomic mass is 10.1. The normalized spacial score (nSPS) is 11.4. The molecule has 0 N–H and O–H groups in total. The first-order chi connectivity index (χ1) is 14.4. The van der Waals surface area contributed by atoms with Gasteiger partial charge in [0.25, 0.3) is 0 Å². The van der Waals surface area contributed by atoms with Crippen molar-refractivity contribution in [2.75, 3.05) is 0 Å². The summed E-state index contributed by atoms with van der Waals surface area (Å²) in [7, 11) is 0. The van der Waals surface area contributed by atoms with E-state index in [1.807, 2.05) is 75.1 Å². The number of thiophene rings is 1. The Hall–Kier alpha value is -3.84. The Morgan fingerprint density at radius 2 is 1.55 bits per heavy atom. The fourth-order valence-corrected chi connectivity index (χ4v) is 4.24. The second kappa shape index (κ2) is 6.35. The highest BCUT2D eigenvalue weighted by Crippen LogP contribution is 2.33. The second-order valence-electron chi connectivity index (χ2n) is 6.60. The van der Waals surface area contributed by atoms with Crippen molar-refractivity contribution in [1.82, 2.24) is 29.4 Å². The van der Waals surface area contributed by atoms with Crippen LogP contribution in [-0.2, 0) is 0 Å². The van der Waals surface area contributed by atoms with Gasteiger partial charge in [-0.25, -0.2) is 9.67 Å². The number of fused-ring (bicyclic) bond motifs is 3. The van der Waals surface area contributed by atoms with E-state index in [9.17, 15) is 0 Å². The molecule has 0 amide bonds. The Morgan fingerprint density at radius 1 is 0.759 bits per heavy atom. The lowest BCUT2D eigenvalue weighted by molar-refractivity contribution is 0.897. The van der Waals surface area contributed by atoms with Gasteiger partial charge in [0.05, 0.1) is 16.0 Å². The molecule has 7 heteroatoms. The fraction of sp³-hybridized carbons (Fsp3) is 0. The molecule has 0 saturated carbocycles. The van der Waals surface area contributed by atoms with Crippen molar-refractivity contribution in [3.05, 3.63) is 84.5 Å². The summed E-state index contributed by atoms with van der Waals surface area (Å²) in [4.78, 5) is 5.81. The molecule has 138 valence electrons. The van der Waals surface area contributed by atoms with Crippen LogP contribution < -0.4 is 0 Å². The first kappa shape index (κ1) is 16.1. The van der Waals surface area contributed by atoms with E-state index in [1.165, 1.54) is 0 Å². The summed E-state index contributed by atoms with van der Waals surface area (Å²) >= 11 is 1.63. The number of aromatic nitrogens is 6. The molecule has 0 aliphatic rings. The highest BCUT2D eigenvalue weighted by atomic mass is 32.1. The number of para-hydroxylation sites is 1. The van der Waals surface area contributed by atoms with Crippen molar-refractivity contribution in [2.45, 2.75) is 0 Å². The molecule has 0 unspecified atom stereocenters. The maximum absolute atomic E-state index is 4.93. The summed E-state index contributed by atoms with van der Waals surface area (Å²) in [5.74, 6) is 0.788. The molecule has 4 aromatic heterocycles. The van der Waals surface area contributed by atoms with Crippen LogP contribution in [0.1, 0.15) is 0 Å². The summed E-state index contributed by atoms with van der Waals surface area (Å²) in [5.41, 5.74) is 4.32. The molecular weight excluding hydrogens is 380 g/mol. The highest BCUT2D eigenvalue weighted by Gasteiger charge is 2.21. The number of nitrogens with zero attached hydrogens (tertiary/aromatic N) is 6. The van der Waals surface area contributed by atoms with Crippen LogP contribution in [0.2, 0.25) is 0 Å². The first-order valence-corrected chi connectivity index (χ1v) is 10.1. The van der Waals surface area contributed by atoms with Crippen LogP contribution in [0.3, 0.4) is 0 Å². The quantitative estimate of drug-likeness (QED) is 0.430. The Kier molecular flexibility index (Phi) is 3.54. The summed E-state index contributed by atoms with van der Waals surface area (Å²) in [6, 6.07) is 24.2. The molecule has 6 rings (SSSR count). The van der Waals surface area contributed by atoms with Crippen LogP contribution in [0.25, 0.3) is 44.3 Å². The van der Waals surface area contributed by atoms with Crippen molar-refractivity contribution in [3.8, 4) is 27.6 Å². The standard InChI is InChI=1S/C22H14N6S/c1-3-8-15(9-4-1)19-18-21(28(26-19)16-10-5-2-6-11-16)23-14-27-20(24-25-22(18)27)17-12-7-13-29-17/h1-14H. The molecular formula is C22H14N6S. The Balaban J connectivity index is 1.72. The summed E-state index contributed by atoms with van der Waals surface area (Å²) in [6.07, 6.45) is 1.78. The van der Waals surface area contributed by atoms with E-state index in [1.54, 1.807) is 17.7 Å². The topological polar surface area (TPSA) is 60.9 Å². The van der Waals surface area contributed by atoms with Gasteiger partial charge in [0.2, 0.25) is 0 Å². The zero-order chi connectivity index (χ0) is 19.2. The molecule has 0 spiro atoms. The van der Waals surface area contributed by atoms with Gasteiger partial charge in [0.1, 0.15) is 12.0 Å². The van der Waals surface area contributed by atoms with Crippen molar-refractivity contribution in [2.24, 2.45) is 0 Å². The lowest BCUT2D eigenvalue weighted by Gasteiger charge is -2.02.